The van der Waals surface area contributed by atoms with Gasteiger partial charge in [0.15, 0.2) is 0 Å². The van der Waals surface area contributed by atoms with Crippen molar-refractivity contribution in [3.05, 3.63) is 23.8 Å². The van der Waals surface area contributed by atoms with Crippen LogP contribution in [0.2, 0.25) is 0 Å². The van der Waals surface area contributed by atoms with E-state index in [9.17, 15) is 0 Å². The van der Waals surface area contributed by atoms with Crippen LogP contribution in [0.1, 0.15) is 11.4 Å². The number of rotatable bonds is 1. The molecule has 3 heteroatoms. The Bertz CT molecular complexity index is 183. The summed E-state index contributed by atoms with van der Waals surface area (Å²) in [6, 6.07) is 0. The minimum absolute atomic E-state index is 0.903. The first-order chi connectivity index (χ1) is 4.33. The van der Waals surface area contributed by atoms with Crippen molar-refractivity contribution in [2.24, 2.45) is 0 Å². The molecule has 9 heavy (non-hydrogen) atoms. The first-order valence-corrected chi connectivity index (χ1v) is 4.04. The van der Waals surface area contributed by atoms with Crippen LogP contribution in [0, 0.1) is 6.92 Å². The molecule has 0 aliphatic carbocycles. The van der Waals surface area contributed by atoms with Crippen LogP contribution in [-0.4, -0.2) is 26.8 Å². The molecule has 46 valence electrons. The van der Waals surface area contributed by atoms with Gasteiger partial charge in [0.2, 0.25) is 0 Å². The van der Waals surface area contributed by atoms with Crippen molar-refractivity contribution in [2.75, 3.05) is 0 Å². The number of hydrogen-bond donors (Lipinski definition) is 0. The van der Waals surface area contributed by atoms with Crippen LogP contribution in [0.3, 0.4) is 0 Å². The van der Waals surface area contributed by atoms with Crippen LogP contribution in [0.4, 0.5) is 0 Å². The van der Waals surface area contributed by atoms with E-state index >= 15 is 0 Å². The Morgan fingerprint density at radius 2 is 2.22 bits per heavy atom. The second-order valence-corrected chi connectivity index (χ2v) is 2.47. The molecule has 2 nitrogen and oxygen atoms in total. The van der Waals surface area contributed by atoms with E-state index in [4.69, 9.17) is 0 Å². The fraction of sp³-hybridized carbons (Fsp3) is 0.333. The molecule has 0 amide bonds. The maximum absolute atomic E-state index is 4.12. The van der Waals surface area contributed by atoms with E-state index in [1.807, 2.05) is 6.92 Å². The Morgan fingerprint density at radius 1 is 1.44 bits per heavy atom. The second-order valence-electron chi connectivity index (χ2n) is 1.81. The normalized spacial score (nSPS) is 9.56. The van der Waals surface area contributed by atoms with Crippen LogP contribution in [0.15, 0.2) is 12.4 Å². The Labute approximate surface area is 63.2 Å². The predicted octanol–water partition coefficient (Wildman–Crippen LogP) is 0.454. The van der Waals surface area contributed by atoms with E-state index in [1.54, 1.807) is 12.4 Å². The van der Waals surface area contributed by atoms with E-state index in [0.29, 0.717) is 0 Å². The van der Waals surface area contributed by atoms with Crippen LogP contribution in [0.5, 0.6) is 0 Å². The average molecular weight is 182 g/mol. The van der Waals surface area contributed by atoms with E-state index in [1.165, 1.54) is 0 Å². The van der Waals surface area contributed by atoms with Gasteiger partial charge in [-0.25, -0.2) is 0 Å². The van der Waals surface area contributed by atoms with Gasteiger partial charge in [-0.3, -0.25) is 0 Å². The Kier molecular flexibility index (Phi) is 2.23. The van der Waals surface area contributed by atoms with Crippen molar-refractivity contribution in [1.82, 2.24) is 9.97 Å². The van der Waals surface area contributed by atoms with Gasteiger partial charge in [-0.2, -0.15) is 0 Å². The molecule has 2 radical (unpaired) electrons. The molecule has 0 aliphatic heterocycles. The third-order valence-electron chi connectivity index (χ3n) is 0.996. The summed E-state index contributed by atoms with van der Waals surface area (Å²) in [5.74, 6) is 0. The molecule has 0 fully saturated rings. The van der Waals surface area contributed by atoms with Gasteiger partial charge >= 0.3 is 62.7 Å². The first-order valence-electron chi connectivity index (χ1n) is 2.71. The molecule has 0 saturated carbocycles. The van der Waals surface area contributed by atoms with Crippen LogP contribution >= 0.6 is 0 Å². The molecule has 0 bridgehead atoms. The van der Waals surface area contributed by atoms with Crippen molar-refractivity contribution in [2.45, 2.75) is 12.1 Å². The van der Waals surface area contributed by atoms with Crippen molar-refractivity contribution in [3.63, 3.8) is 0 Å². The summed E-state index contributed by atoms with van der Waals surface area (Å²) in [6.45, 7) is 1.93. The summed E-state index contributed by atoms with van der Waals surface area (Å²) in [7, 11) is 0. The maximum atomic E-state index is 4.12. The fourth-order valence-corrected chi connectivity index (χ4v) is 0.844. The monoisotopic (exact) mass is 182 g/mol. The Morgan fingerprint density at radius 3 is 2.67 bits per heavy atom. The zero-order valence-electron chi connectivity index (χ0n) is 5.20. The first kappa shape index (κ1) is 6.75. The molecular weight excluding hydrogens is 175 g/mol. The molecule has 0 atom stereocenters. The number of nitrogens with zero attached hydrogens (tertiary/aromatic N) is 2. The number of hydrogen-bond acceptors (Lipinski definition) is 2. The van der Waals surface area contributed by atoms with E-state index < -0.39 is 0 Å². The van der Waals surface area contributed by atoms with Crippen LogP contribution in [-0.2, 0) is 5.21 Å². The Hall–Kier alpha value is -0.362. The fourth-order valence-electron chi connectivity index (χ4n) is 0.501. The minimum atomic E-state index is 0.903. The van der Waals surface area contributed by atoms with Crippen LogP contribution in [0.25, 0.3) is 0 Å². The van der Waals surface area contributed by atoms with Crippen molar-refractivity contribution < 1.29 is 0 Å². The summed E-state index contributed by atoms with van der Waals surface area (Å²) in [5.41, 5.74) is 2.00. The summed E-state index contributed by atoms with van der Waals surface area (Å²) in [5, 5.41) is 0.903. The summed E-state index contributed by atoms with van der Waals surface area (Å²) in [6.07, 6.45) is 3.58. The number of aromatic nitrogens is 2. The van der Waals surface area contributed by atoms with Gasteiger partial charge in [-0.05, 0) is 0 Å². The SMILES string of the molecule is Cc1cnc(C[As])cn1. The standard InChI is InChI=1S/C6H7AsN2/c1-5-3-9-6(2-7)4-8-5/h3-4H,2H2,1H3. The second kappa shape index (κ2) is 2.97. The molecule has 0 aromatic carbocycles. The summed E-state index contributed by atoms with van der Waals surface area (Å²) >= 11 is 2.47. The third-order valence-corrected chi connectivity index (χ3v) is 1.68. The van der Waals surface area contributed by atoms with Gasteiger partial charge in [0, 0.05) is 0 Å². The third kappa shape index (κ3) is 1.79. The summed E-state index contributed by atoms with van der Waals surface area (Å²) < 4.78 is 0. The molecule has 0 aliphatic rings. The molecule has 1 aromatic heterocycles. The molecule has 1 aromatic rings. The zero-order valence-corrected chi connectivity index (χ0v) is 7.08. The van der Waals surface area contributed by atoms with Gasteiger partial charge in [-0.1, -0.05) is 0 Å². The molecule has 1 rings (SSSR count). The van der Waals surface area contributed by atoms with Crippen LogP contribution < -0.4 is 0 Å². The Balaban J connectivity index is 2.88. The van der Waals surface area contributed by atoms with Gasteiger partial charge < -0.3 is 0 Å². The molecule has 0 saturated heterocycles. The zero-order chi connectivity index (χ0) is 6.69. The van der Waals surface area contributed by atoms with E-state index in [0.717, 1.165) is 16.6 Å². The van der Waals surface area contributed by atoms with Crippen molar-refractivity contribution in [1.29, 1.82) is 0 Å². The van der Waals surface area contributed by atoms with Gasteiger partial charge in [-0.15, -0.1) is 0 Å². The molecule has 0 spiro atoms. The molecular formula is C6H7AsN2. The topological polar surface area (TPSA) is 25.8 Å². The number of aryl methyl sites for hydroxylation is 1. The van der Waals surface area contributed by atoms with Crippen molar-refractivity contribution in [3.8, 4) is 0 Å². The predicted molar refractivity (Wildman–Crippen MR) is 36.2 cm³/mol. The average Bonchev–Trinajstić information content (AvgIpc) is 1.90. The summed E-state index contributed by atoms with van der Waals surface area (Å²) in [4.78, 5) is 8.20. The van der Waals surface area contributed by atoms with E-state index in [2.05, 4.69) is 26.8 Å². The van der Waals surface area contributed by atoms with Gasteiger partial charge in [0.05, 0.1) is 0 Å². The van der Waals surface area contributed by atoms with Gasteiger partial charge in [0.25, 0.3) is 0 Å². The molecule has 1 heterocycles. The quantitative estimate of drug-likeness (QED) is 0.589. The molecule has 0 N–H and O–H groups in total. The molecule has 0 unspecified atom stereocenters. The van der Waals surface area contributed by atoms with Crippen molar-refractivity contribution >= 4 is 16.9 Å². The van der Waals surface area contributed by atoms with Gasteiger partial charge in [0.1, 0.15) is 0 Å². The van der Waals surface area contributed by atoms with E-state index in [-0.39, 0.29) is 0 Å².